The van der Waals surface area contributed by atoms with E-state index >= 15 is 0 Å². The molecule has 2 aromatic rings. The molecule has 0 saturated heterocycles. The first-order valence-corrected chi connectivity index (χ1v) is 7.52. The van der Waals surface area contributed by atoms with Gasteiger partial charge >= 0.3 is 0 Å². The summed E-state index contributed by atoms with van der Waals surface area (Å²) < 4.78 is 13.5. The third-order valence-electron chi connectivity index (χ3n) is 3.18. The lowest BCUT2D eigenvalue weighted by Crippen LogP contribution is -2.27. The minimum atomic E-state index is -0.618. The van der Waals surface area contributed by atoms with Gasteiger partial charge in [-0.25, -0.2) is 4.39 Å². The lowest BCUT2D eigenvalue weighted by atomic mass is 10.2. The predicted molar refractivity (Wildman–Crippen MR) is 90.1 cm³/mol. The van der Waals surface area contributed by atoms with Crippen molar-refractivity contribution in [1.29, 1.82) is 0 Å². The number of halogens is 2. The molecule has 9 heteroatoms. The van der Waals surface area contributed by atoms with E-state index in [9.17, 15) is 24.1 Å². The summed E-state index contributed by atoms with van der Waals surface area (Å²) in [6.45, 7) is 0.0177. The predicted octanol–water partition coefficient (Wildman–Crippen LogP) is 3.15. The monoisotopic (exact) mass is 365 g/mol. The summed E-state index contributed by atoms with van der Waals surface area (Å²) in [6.07, 6.45) is -0.0787. The number of nitrogens with zero attached hydrogens (tertiary/aromatic N) is 1. The van der Waals surface area contributed by atoms with Gasteiger partial charge in [-0.1, -0.05) is 11.6 Å². The molecule has 0 saturated carbocycles. The minimum Gasteiger partial charge on any atom is -0.352 e. The summed E-state index contributed by atoms with van der Waals surface area (Å²) in [7, 11) is 0. The molecule has 130 valence electrons. The van der Waals surface area contributed by atoms with E-state index in [2.05, 4.69) is 10.6 Å². The highest BCUT2D eigenvalue weighted by atomic mass is 35.5. The molecule has 0 aromatic heterocycles. The van der Waals surface area contributed by atoms with Crippen molar-refractivity contribution in [2.24, 2.45) is 0 Å². The number of rotatable bonds is 6. The number of non-ortho nitro benzene ring substituents is 1. The average molecular weight is 366 g/mol. The van der Waals surface area contributed by atoms with Crippen LogP contribution in [0, 0.1) is 15.9 Å². The molecule has 0 spiro atoms. The normalized spacial score (nSPS) is 10.2. The quantitative estimate of drug-likeness (QED) is 0.606. The van der Waals surface area contributed by atoms with Crippen LogP contribution in [0.4, 0.5) is 15.8 Å². The van der Waals surface area contributed by atoms with Crippen LogP contribution in [-0.4, -0.2) is 23.3 Å². The standard InChI is InChI=1S/C16H13ClFN3O4/c17-11-3-6-13(18)14(9-11)20-15(22)7-8-19-16(23)10-1-4-12(5-2-10)21(24)25/h1-6,9H,7-8H2,(H,19,23)(H,20,22). The smallest absolute Gasteiger partial charge is 0.269 e. The van der Waals surface area contributed by atoms with Crippen molar-refractivity contribution >= 4 is 34.8 Å². The van der Waals surface area contributed by atoms with E-state index in [-0.39, 0.29) is 34.9 Å². The van der Waals surface area contributed by atoms with Gasteiger partial charge in [-0.05, 0) is 30.3 Å². The summed E-state index contributed by atoms with van der Waals surface area (Å²) >= 11 is 5.73. The summed E-state index contributed by atoms with van der Waals surface area (Å²) in [5, 5.41) is 15.7. The van der Waals surface area contributed by atoms with Crippen molar-refractivity contribution in [3.8, 4) is 0 Å². The number of nitro groups is 1. The van der Waals surface area contributed by atoms with Crippen LogP contribution in [0.15, 0.2) is 42.5 Å². The van der Waals surface area contributed by atoms with Gasteiger partial charge in [-0.2, -0.15) is 0 Å². The number of amides is 2. The fourth-order valence-corrected chi connectivity index (χ4v) is 2.10. The minimum absolute atomic E-state index is 0.0177. The van der Waals surface area contributed by atoms with Crippen molar-refractivity contribution in [1.82, 2.24) is 5.32 Å². The molecule has 2 amide bonds. The maximum Gasteiger partial charge on any atom is 0.269 e. The van der Waals surface area contributed by atoms with Gasteiger partial charge in [0.25, 0.3) is 11.6 Å². The first-order chi connectivity index (χ1) is 11.9. The molecule has 2 aromatic carbocycles. The van der Waals surface area contributed by atoms with Crippen molar-refractivity contribution in [3.05, 3.63) is 69.0 Å². The zero-order chi connectivity index (χ0) is 18.4. The molecule has 25 heavy (non-hydrogen) atoms. The Morgan fingerprint density at radius 3 is 2.48 bits per heavy atom. The van der Waals surface area contributed by atoms with E-state index in [4.69, 9.17) is 11.6 Å². The molecule has 0 fully saturated rings. The lowest BCUT2D eigenvalue weighted by molar-refractivity contribution is -0.384. The Hall–Kier alpha value is -3.00. The molecule has 0 aliphatic carbocycles. The third-order valence-corrected chi connectivity index (χ3v) is 3.42. The van der Waals surface area contributed by atoms with Crippen molar-refractivity contribution in [2.75, 3.05) is 11.9 Å². The van der Waals surface area contributed by atoms with E-state index in [1.54, 1.807) is 0 Å². The number of nitro benzene ring substituents is 1. The molecule has 2 rings (SSSR count). The molecule has 0 aliphatic rings. The first-order valence-electron chi connectivity index (χ1n) is 7.14. The fourth-order valence-electron chi connectivity index (χ4n) is 1.93. The van der Waals surface area contributed by atoms with Gasteiger partial charge < -0.3 is 10.6 Å². The molecule has 2 N–H and O–H groups in total. The highest BCUT2D eigenvalue weighted by Gasteiger charge is 2.11. The van der Waals surface area contributed by atoms with Crippen molar-refractivity contribution in [2.45, 2.75) is 6.42 Å². The highest BCUT2D eigenvalue weighted by Crippen LogP contribution is 2.19. The Morgan fingerprint density at radius 1 is 1.16 bits per heavy atom. The number of benzene rings is 2. The summed E-state index contributed by atoms with van der Waals surface area (Å²) in [4.78, 5) is 33.6. The van der Waals surface area contributed by atoms with Gasteiger partial charge in [0, 0.05) is 35.7 Å². The fraction of sp³-hybridized carbons (Fsp3) is 0.125. The molecular formula is C16H13ClFN3O4. The Kier molecular flexibility index (Phi) is 6.02. The van der Waals surface area contributed by atoms with Crippen LogP contribution in [0.25, 0.3) is 0 Å². The van der Waals surface area contributed by atoms with Gasteiger partial charge in [0.15, 0.2) is 0 Å². The van der Waals surface area contributed by atoms with Crippen LogP contribution in [0.5, 0.6) is 0 Å². The number of carbonyl (C=O) groups excluding carboxylic acids is 2. The number of carbonyl (C=O) groups is 2. The van der Waals surface area contributed by atoms with Gasteiger partial charge in [0.05, 0.1) is 10.6 Å². The second-order valence-corrected chi connectivity index (χ2v) is 5.42. The molecular weight excluding hydrogens is 353 g/mol. The lowest BCUT2D eigenvalue weighted by Gasteiger charge is -2.08. The number of anilines is 1. The van der Waals surface area contributed by atoms with Gasteiger partial charge in [-0.3, -0.25) is 19.7 Å². The van der Waals surface area contributed by atoms with Crippen LogP contribution in [0.2, 0.25) is 5.02 Å². The van der Waals surface area contributed by atoms with Crippen LogP contribution in [0.1, 0.15) is 16.8 Å². The van der Waals surface area contributed by atoms with Crippen molar-refractivity contribution < 1.29 is 18.9 Å². The van der Waals surface area contributed by atoms with Crippen LogP contribution >= 0.6 is 11.6 Å². The topological polar surface area (TPSA) is 101 Å². The molecule has 0 aliphatic heterocycles. The number of hydrogen-bond acceptors (Lipinski definition) is 4. The van der Waals surface area contributed by atoms with E-state index in [0.717, 1.165) is 6.07 Å². The molecule has 0 heterocycles. The largest absolute Gasteiger partial charge is 0.352 e. The maximum absolute atomic E-state index is 13.5. The van der Waals surface area contributed by atoms with E-state index in [1.807, 2.05) is 0 Å². The van der Waals surface area contributed by atoms with Gasteiger partial charge in [-0.15, -0.1) is 0 Å². The first kappa shape index (κ1) is 18.3. The second-order valence-electron chi connectivity index (χ2n) is 4.98. The zero-order valence-electron chi connectivity index (χ0n) is 12.8. The van der Waals surface area contributed by atoms with Gasteiger partial charge in [0.2, 0.25) is 5.91 Å². The molecule has 0 bridgehead atoms. The zero-order valence-corrected chi connectivity index (χ0v) is 13.5. The Balaban J connectivity index is 1.83. The van der Waals surface area contributed by atoms with E-state index in [1.165, 1.54) is 36.4 Å². The van der Waals surface area contributed by atoms with Crippen LogP contribution in [0.3, 0.4) is 0 Å². The highest BCUT2D eigenvalue weighted by molar-refractivity contribution is 6.30. The molecule has 0 radical (unpaired) electrons. The second kappa shape index (κ2) is 8.20. The van der Waals surface area contributed by atoms with E-state index in [0.29, 0.717) is 0 Å². The summed E-state index contributed by atoms with van der Waals surface area (Å²) in [5.41, 5.74) is 0.0607. The van der Waals surface area contributed by atoms with Crippen molar-refractivity contribution in [3.63, 3.8) is 0 Å². The van der Waals surface area contributed by atoms with Gasteiger partial charge in [0.1, 0.15) is 5.82 Å². The molecule has 0 atom stereocenters. The summed E-state index contributed by atoms with van der Waals surface area (Å²) in [6, 6.07) is 8.83. The van der Waals surface area contributed by atoms with Crippen LogP contribution < -0.4 is 10.6 Å². The Bertz CT molecular complexity index is 812. The Labute approximate surface area is 146 Å². The third kappa shape index (κ3) is 5.25. The number of nitrogens with one attached hydrogen (secondary N) is 2. The number of hydrogen-bond donors (Lipinski definition) is 2. The van der Waals surface area contributed by atoms with E-state index < -0.39 is 22.6 Å². The maximum atomic E-state index is 13.5. The van der Waals surface area contributed by atoms with Crippen LogP contribution in [-0.2, 0) is 4.79 Å². The Morgan fingerprint density at radius 2 is 1.84 bits per heavy atom. The average Bonchev–Trinajstić information content (AvgIpc) is 2.58. The molecule has 0 unspecified atom stereocenters. The molecule has 7 nitrogen and oxygen atoms in total. The summed E-state index contributed by atoms with van der Waals surface area (Å²) in [5.74, 6) is -1.59. The SMILES string of the molecule is O=C(CCNC(=O)c1ccc([N+](=O)[O-])cc1)Nc1cc(Cl)ccc1F.